The van der Waals surface area contributed by atoms with Gasteiger partial charge in [-0.3, -0.25) is 9.59 Å². The van der Waals surface area contributed by atoms with Gasteiger partial charge in [0.15, 0.2) is 5.82 Å². The molecule has 1 aliphatic rings. The molecule has 2 amide bonds. The molecule has 0 unspecified atom stereocenters. The lowest BCUT2D eigenvalue weighted by atomic mass is 9.98. The summed E-state index contributed by atoms with van der Waals surface area (Å²) in [4.78, 5) is 25.3. The molecule has 1 fully saturated rings. The molecule has 2 rings (SSSR count). The van der Waals surface area contributed by atoms with E-state index in [0.717, 1.165) is 0 Å². The van der Waals surface area contributed by atoms with Gasteiger partial charge >= 0.3 is 11.8 Å². The van der Waals surface area contributed by atoms with E-state index in [1.54, 1.807) is 0 Å². The smallest absolute Gasteiger partial charge is 0.313 e. The lowest BCUT2D eigenvalue weighted by Gasteiger charge is -2.30. The SMILES string of the molecule is O=C(Nc1cccc(Cl)c1F)C(=O)N1CCC(CO)CC1. The summed E-state index contributed by atoms with van der Waals surface area (Å²) in [5.41, 5.74) is -0.119. The first kappa shape index (κ1) is 15.7. The topological polar surface area (TPSA) is 69.6 Å². The predicted molar refractivity (Wildman–Crippen MR) is 76.4 cm³/mol. The summed E-state index contributed by atoms with van der Waals surface area (Å²) in [6, 6.07) is 4.18. The summed E-state index contributed by atoms with van der Waals surface area (Å²) in [7, 11) is 0. The molecule has 0 radical (unpaired) electrons. The molecule has 0 atom stereocenters. The average molecular weight is 315 g/mol. The minimum Gasteiger partial charge on any atom is -0.396 e. The maximum atomic E-state index is 13.7. The lowest BCUT2D eigenvalue weighted by Crippen LogP contribution is -2.44. The maximum absolute atomic E-state index is 13.7. The normalized spacial score (nSPS) is 15.9. The van der Waals surface area contributed by atoms with Gasteiger partial charge in [0.1, 0.15) is 0 Å². The number of carbonyl (C=O) groups excluding carboxylic acids is 2. The molecular formula is C14H16ClFN2O3. The Morgan fingerprint density at radius 1 is 1.38 bits per heavy atom. The third-order valence-corrected chi connectivity index (χ3v) is 3.85. The van der Waals surface area contributed by atoms with Crippen molar-refractivity contribution in [3.63, 3.8) is 0 Å². The van der Waals surface area contributed by atoms with E-state index in [0.29, 0.717) is 25.9 Å². The van der Waals surface area contributed by atoms with E-state index in [-0.39, 0.29) is 23.2 Å². The molecule has 114 valence electrons. The van der Waals surface area contributed by atoms with Crippen LogP contribution in [0.25, 0.3) is 0 Å². The number of benzene rings is 1. The van der Waals surface area contributed by atoms with Crippen LogP contribution in [0.2, 0.25) is 5.02 Å². The van der Waals surface area contributed by atoms with E-state index in [2.05, 4.69) is 5.32 Å². The Labute approximate surface area is 126 Å². The van der Waals surface area contributed by atoms with Crippen LogP contribution in [0.3, 0.4) is 0 Å². The fraction of sp³-hybridized carbons (Fsp3) is 0.429. The zero-order chi connectivity index (χ0) is 15.4. The van der Waals surface area contributed by atoms with E-state index in [4.69, 9.17) is 16.7 Å². The highest BCUT2D eigenvalue weighted by Gasteiger charge is 2.27. The van der Waals surface area contributed by atoms with E-state index in [1.165, 1.54) is 23.1 Å². The van der Waals surface area contributed by atoms with Gasteiger partial charge in [-0.05, 0) is 30.9 Å². The van der Waals surface area contributed by atoms with E-state index in [9.17, 15) is 14.0 Å². The van der Waals surface area contributed by atoms with E-state index in [1.807, 2.05) is 0 Å². The zero-order valence-corrected chi connectivity index (χ0v) is 12.1. The minimum atomic E-state index is -0.890. The Balaban J connectivity index is 1.97. The monoisotopic (exact) mass is 314 g/mol. The second-order valence-electron chi connectivity index (χ2n) is 4.97. The van der Waals surface area contributed by atoms with Crippen molar-refractivity contribution in [1.82, 2.24) is 4.90 Å². The summed E-state index contributed by atoms with van der Waals surface area (Å²) in [5.74, 6) is -2.19. The molecule has 21 heavy (non-hydrogen) atoms. The molecule has 7 heteroatoms. The Morgan fingerprint density at radius 3 is 2.67 bits per heavy atom. The van der Waals surface area contributed by atoms with Gasteiger partial charge in [0.05, 0.1) is 10.7 Å². The first-order valence-electron chi connectivity index (χ1n) is 6.68. The first-order valence-corrected chi connectivity index (χ1v) is 7.06. The van der Waals surface area contributed by atoms with Crippen molar-refractivity contribution < 1.29 is 19.1 Å². The summed E-state index contributed by atoms with van der Waals surface area (Å²) < 4.78 is 13.7. The van der Waals surface area contributed by atoms with Gasteiger partial charge in [0.2, 0.25) is 0 Å². The first-order chi connectivity index (χ1) is 10.0. The van der Waals surface area contributed by atoms with Crippen molar-refractivity contribution in [2.75, 3.05) is 25.0 Å². The number of hydrogen-bond acceptors (Lipinski definition) is 3. The van der Waals surface area contributed by atoms with Gasteiger partial charge < -0.3 is 15.3 Å². The van der Waals surface area contributed by atoms with Gasteiger partial charge in [-0.1, -0.05) is 17.7 Å². The number of nitrogens with zero attached hydrogens (tertiary/aromatic N) is 1. The van der Waals surface area contributed by atoms with Crippen molar-refractivity contribution in [2.24, 2.45) is 5.92 Å². The van der Waals surface area contributed by atoms with Crippen molar-refractivity contribution in [3.8, 4) is 0 Å². The number of rotatable bonds is 2. The molecule has 1 heterocycles. The van der Waals surface area contributed by atoms with Crippen LogP contribution in [-0.2, 0) is 9.59 Å². The van der Waals surface area contributed by atoms with Crippen molar-refractivity contribution >= 4 is 29.1 Å². The predicted octanol–water partition coefficient (Wildman–Crippen LogP) is 1.65. The molecule has 1 aromatic carbocycles. The van der Waals surface area contributed by atoms with Crippen molar-refractivity contribution in [1.29, 1.82) is 0 Å². The number of hydrogen-bond donors (Lipinski definition) is 2. The van der Waals surface area contributed by atoms with E-state index < -0.39 is 17.6 Å². The fourth-order valence-corrected chi connectivity index (χ4v) is 2.41. The number of halogens is 2. The van der Waals surface area contributed by atoms with Crippen molar-refractivity contribution in [2.45, 2.75) is 12.8 Å². The molecule has 1 aromatic rings. The van der Waals surface area contributed by atoms with Crippen molar-refractivity contribution in [3.05, 3.63) is 29.0 Å². The Bertz CT molecular complexity index is 545. The summed E-state index contributed by atoms with van der Waals surface area (Å²) in [6.45, 7) is 0.910. The third kappa shape index (κ3) is 3.71. The largest absolute Gasteiger partial charge is 0.396 e. The van der Waals surface area contributed by atoms with Gasteiger partial charge in [-0.2, -0.15) is 0 Å². The standard InChI is InChI=1S/C14H16ClFN2O3/c15-10-2-1-3-11(12(10)16)17-13(20)14(21)18-6-4-9(8-19)5-7-18/h1-3,9,19H,4-8H2,(H,17,20). The van der Waals surface area contributed by atoms with Crippen LogP contribution in [0.5, 0.6) is 0 Å². The third-order valence-electron chi connectivity index (χ3n) is 3.55. The van der Waals surface area contributed by atoms with Gasteiger partial charge in [0.25, 0.3) is 0 Å². The lowest BCUT2D eigenvalue weighted by molar-refractivity contribution is -0.144. The molecule has 0 aliphatic carbocycles. The molecule has 0 saturated carbocycles. The highest BCUT2D eigenvalue weighted by Crippen LogP contribution is 2.22. The van der Waals surface area contributed by atoms with E-state index >= 15 is 0 Å². The van der Waals surface area contributed by atoms with Crippen LogP contribution in [0.1, 0.15) is 12.8 Å². The van der Waals surface area contributed by atoms with Crippen LogP contribution < -0.4 is 5.32 Å². The number of nitrogens with one attached hydrogen (secondary N) is 1. The molecular weight excluding hydrogens is 299 g/mol. The Kier molecular flexibility index (Phi) is 5.14. The molecule has 0 bridgehead atoms. The quantitative estimate of drug-likeness (QED) is 0.816. The summed E-state index contributed by atoms with van der Waals surface area (Å²) >= 11 is 5.61. The van der Waals surface area contributed by atoms with Gasteiger partial charge in [-0.15, -0.1) is 0 Å². The number of piperidine rings is 1. The highest BCUT2D eigenvalue weighted by atomic mass is 35.5. The summed E-state index contributed by atoms with van der Waals surface area (Å²) in [5, 5.41) is 11.2. The van der Waals surface area contributed by atoms with Crippen LogP contribution in [0.15, 0.2) is 18.2 Å². The fourth-order valence-electron chi connectivity index (χ4n) is 2.24. The van der Waals surface area contributed by atoms with Crippen LogP contribution >= 0.6 is 11.6 Å². The molecule has 0 spiro atoms. The molecule has 1 aliphatic heterocycles. The van der Waals surface area contributed by atoms with Crippen LogP contribution in [0, 0.1) is 11.7 Å². The minimum absolute atomic E-state index is 0.0853. The molecule has 5 nitrogen and oxygen atoms in total. The van der Waals surface area contributed by atoms with Gasteiger partial charge in [0, 0.05) is 19.7 Å². The number of anilines is 1. The molecule has 1 saturated heterocycles. The number of carbonyl (C=O) groups is 2. The highest BCUT2D eigenvalue weighted by molar-refractivity contribution is 6.39. The summed E-state index contributed by atoms with van der Waals surface area (Å²) in [6.07, 6.45) is 1.31. The Hall–Kier alpha value is -1.66. The number of aliphatic hydroxyl groups is 1. The number of likely N-dealkylation sites (tertiary alicyclic amines) is 1. The molecule has 2 N–H and O–H groups in total. The number of aliphatic hydroxyl groups excluding tert-OH is 1. The van der Waals surface area contributed by atoms with Gasteiger partial charge in [-0.25, -0.2) is 4.39 Å². The second-order valence-corrected chi connectivity index (χ2v) is 5.38. The van der Waals surface area contributed by atoms with Crippen LogP contribution in [-0.4, -0.2) is 41.5 Å². The second kappa shape index (κ2) is 6.87. The number of amides is 2. The van der Waals surface area contributed by atoms with Crippen LogP contribution in [0.4, 0.5) is 10.1 Å². The molecule has 0 aromatic heterocycles. The maximum Gasteiger partial charge on any atom is 0.313 e. The Morgan fingerprint density at radius 2 is 2.05 bits per heavy atom. The average Bonchev–Trinajstić information content (AvgIpc) is 2.51. The zero-order valence-electron chi connectivity index (χ0n) is 11.3.